The van der Waals surface area contributed by atoms with E-state index in [1.54, 1.807) is 0 Å². The molecule has 0 fully saturated rings. The largest absolute Gasteiger partial charge is 0.344 e. The van der Waals surface area contributed by atoms with Gasteiger partial charge in [0.25, 0.3) is 0 Å². The molecule has 0 radical (unpaired) electrons. The van der Waals surface area contributed by atoms with Gasteiger partial charge in [-0.15, -0.1) is 0 Å². The molecule has 0 bridgehead atoms. The van der Waals surface area contributed by atoms with E-state index < -0.39 is 0 Å². The van der Waals surface area contributed by atoms with Gasteiger partial charge in [-0.1, -0.05) is 60.7 Å². The van der Waals surface area contributed by atoms with E-state index in [4.69, 9.17) is 0 Å². The fourth-order valence-corrected chi connectivity index (χ4v) is 6.16. The molecule has 2 heterocycles. The first-order valence-corrected chi connectivity index (χ1v) is 14.0. The Morgan fingerprint density at radius 3 is 1.67 bits per heavy atom. The molecular formula is C34H31BrF2N2. The average Bonchev–Trinajstić information content (AvgIpc) is 3.46. The lowest BCUT2D eigenvalue weighted by atomic mass is 10.1. The Morgan fingerprint density at radius 2 is 1.10 bits per heavy atom. The van der Waals surface area contributed by atoms with Crippen molar-refractivity contribution in [3.8, 4) is 22.3 Å². The lowest BCUT2D eigenvalue weighted by molar-refractivity contribution is 0.612. The molecule has 0 N–H and O–H groups in total. The molecule has 0 aliphatic rings. The Hall–Kier alpha value is -3.70. The molecule has 39 heavy (non-hydrogen) atoms. The smallest absolute Gasteiger partial charge is 0.123 e. The van der Waals surface area contributed by atoms with Gasteiger partial charge in [0.15, 0.2) is 0 Å². The Kier molecular flexibility index (Phi) is 7.72. The summed E-state index contributed by atoms with van der Waals surface area (Å²) in [5, 5.41) is 2.39. The van der Waals surface area contributed by atoms with Crippen molar-refractivity contribution in [2.45, 2.75) is 39.8 Å². The summed E-state index contributed by atoms with van der Waals surface area (Å²) < 4.78 is 31.7. The van der Waals surface area contributed by atoms with Gasteiger partial charge in [-0.25, -0.2) is 8.78 Å². The van der Waals surface area contributed by atoms with Crippen molar-refractivity contribution < 1.29 is 8.78 Å². The Labute approximate surface area is 236 Å². The van der Waals surface area contributed by atoms with E-state index in [0.29, 0.717) is 12.1 Å². The van der Waals surface area contributed by atoms with Crippen LogP contribution in [0.4, 0.5) is 8.78 Å². The van der Waals surface area contributed by atoms with Crippen LogP contribution >= 0.6 is 15.9 Å². The van der Waals surface area contributed by atoms with Crippen LogP contribution in [0.1, 0.15) is 39.8 Å². The molecule has 0 aliphatic carbocycles. The summed E-state index contributed by atoms with van der Waals surface area (Å²) in [5.41, 5.74) is 6.76. The highest BCUT2D eigenvalue weighted by molar-refractivity contribution is 9.10. The second-order valence-corrected chi connectivity index (χ2v) is 11.0. The molecule has 5 heteroatoms. The van der Waals surface area contributed by atoms with E-state index in [1.165, 1.54) is 46.1 Å². The van der Waals surface area contributed by atoms with Crippen LogP contribution in [0.2, 0.25) is 0 Å². The molecule has 0 saturated heterocycles. The third kappa shape index (κ3) is 5.28. The summed E-state index contributed by atoms with van der Waals surface area (Å²) in [7, 11) is 0. The summed E-state index contributed by atoms with van der Waals surface area (Å²) in [5.74, 6) is -0.409. The van der Waals surface area contributed by atoms with Crippen LogP contribution in [0, 0.1) is 11.6 Å². The van der Waals surface area contributed by atoms with Gasteiger partial charge in [0, 0.05) is 51.2 Å². The van der Waals surface area contributed by atoms with Gasteiger partial charge in [0.05, 0.1) is 4.60 Å². The highest BCUT2D eigenvalue weighted by atomic mass is 79.9. The molecule has 2 nitrogen and oxygen atoms in total. The molecule has 198 valence electrons. The van der Waals surface area contributed by atoms with E-state index in [2.05, 4.69) is 89.3 Å². The monoisotopic (exact) mass is 584 g/mol. The van der Waals surface area contributed by atoms with Crippen molar-refractivity contribution in [1.82, 2.24) is 9.13 Å². The number of hydrogen-bond donors (Lipinski definition) is 0. The maximum absolute atomic E-state index is 13.1. The second-order valence-electron chi connectivity index (χ2n) is 10.2. The van der Waals surface area contributed by atoms with E-state index in [9.17, 15) is 8.78 Å². The van der Waals surface area contributed by atoms with Crippen molar-refractivity contribution in [2.75, 3.05) is 0 Å². The number of benzene rings is 4. The molecule has 0 amide bonds. The molecule has 0 unspecified atom stereocenters. The van der Waals surface area contributed by atoms with Crippen molar-refractivity contribution in [2.24, 2.45) is 0 Å². The summed E-state index contributed by atoms with van der Waals surface area (Å²) in [6.07, 6.45) is 2.16. The minimum Gasteiger partial charge on any atom is -0.344 e. The first-order valence-electron chi connectivity index (χ1n) is 13.2. The van der Waals surface area contributed by atoms with Gasteiger partial charge in [0.2, 0.25) is 0 Å². The minimum atomic E-state index is -0.211. The quantitative estimate of drug-likeness (QED) is 0.195. The zero-order chi connectivity index (χ0) is 27.7. The lowest BCUT2D eigenvalue weighted by Gasteiger charge is -2.11. The molecule has 6 rings (SSSR count). The first kappa shape index (κ1) is 26.9. The molecule has 0 spiro atoms. The number of nitrogens with zero attached hydrogens (tertiary/aromatic N) is 2. The molecular weight excluding hydrogens is 554 g/mol. The zero-order valence-corrected chi connectivity index (χ0v) is 24.1. The standard InChI is InChI=1S/C17H15BrFN.C17H16FN/c1-11(2)20-15-6-4-3-5-14(15)16(17(20)18)12-7-9-13(19)10-8-12;1-12(2)19-11-16(13-7-9-14(18)10-8-13)15-5-3-4-6-17(15)19/h3-11H,1-2H3;3-12H,1-2H3. The second kappa shape index (κ2) is 11.2. The van der Waals surface area contributed by atoms with E-state index in [1.807, 2.05) is 42.5 Å². The summed E-state index contributed by atoms with van der Waals surface area (Å²) in [6, 6.07) is 30.7. The molecule has 0 atom stereocenters. The predicted molar refractivity (Wildman–Crippen MR) is 163 cm³/mol. The van der Waals surface area contributed by atoms with E-state index in [0.717, 1.165) is 26.9 Å². The third-order valence-corrected chi connectivity index (χ3v) is 7.73. The van der Waals surface area contributed by atoms with E-state index >= 15 is 0 Å². The van der Waals surface area contributed by atoms with Crippen molar-refractivity contribution in [3.63, 3.8) is 0 Å². The number of fused-ring (bicyclic) bond motifs is 2. The van der Waals surface area contributed by atoms with Crippen molar-refractivity contribution in [3.05, 3.63) is 119 Å². The maximum Gasteiger partial charge on any atom is 0.123 e. The number of hydrogen-bond acceptors (Lipinski definition) is 0. The topological polar surface area (TPSA) is 9.86 Å². The minimum absolute atomic E-state index is 0.198. The summed E-state index contributed by atoms with van der Waals surface area (Å²) in [4.78, 5) is 0. The average molecular weight is 586 g/mol. The number of rotatable bonds is 4. The Balaban J connectivity index is 0.000000158. The zero-order valence-electron chi connectivity index (χ0n) is 22.5. The van der Waals surface area contributed by atoms with Crippen LogP contribution in [-0.4, -0.2) is 9.13 Å². The highest BCUT2D eigenvalue weighted by Gasteiger charge is 2.18. The predicted octanol–water partition coefficient (Wildman–Crippen LogP) is 10.8. The fraction of sp³-hybridized carbons (Fsp3) is 0.176. The van der Waals surface area contributed by atoms with E-state index in [-0.39, 0.29) is 11.6 Å². The van der Waals surface area contributed by atoms with Crippen LogP contribution < -0.4 is 0 Å². The maximum atomic E-state index is 13.1. The normalized spacial score (nSPS) is 11.4. The lowest BCUT2D eigenvalue weighted by Crippen LogP contribution is -2.00. The fourth-order valence-electron chi connectivity index (χ4n) is 5.12. The highest BCUT2D eigenvalue weighted by Crippen LogP contribution is 2.40. The molecule has 0 aliphatic heterocycles. The van der Waals surface area contributed by atoms with Gasteiger partial charge in [-0.3, -0.25) is 0 Å². The molecule has 4 aromatic carbocycles. The summed E-state index contributed by atoms with van der Waals surface area (Å²) >= 11 is 3.72. The van der Waals surface area contributed by atoms with Crippen LogP contribution in [0.25, 0.3) is 44.1 Å². The van der Waals surface area contributed by atoms with Crippen LogP contribution in [0.3, 0.4) is 0 Å². The number of aromatic nitrogens is 2. The Bertz CT molecular complexity index is 1730. The van der Waals surface area contributed by atoms with Gasteiger partial charge in [-0.05, 0) is 91.1 Å². The SMILES string of the molecule is CC(C)n1c(Br)c(-c2ccc(F)cc2)c2ccccc21.CC(C)n1cc(-c2ccc(F)cc2)c2ccccc21. The van der Waals surface area contributed by atoms with Gasteiger partial charge in [0.1, 0.15) is 11.6 Å². The molecule has 6 aromatic rings. The van der Waals surface area contributed by atoms with Gasteiger partial charge < -0.3 is 9.13 Å². The van der Waals surface area contributed by atoms with Crippen LogP contribution in [-0.2, 0) is 0 Å². The number of halogens is 3. The van der Waals surface area contributed by atoms with Crippen LogP contribution in [0.15, 0.2) is 108 Å². The van der Waals surface area contributed by atoms with Crippen LogP contribution in [0.5, 0.6) is 0 Å². The van der Waals surface area contributed by atoms with Gasteiger partial charge >= 0.3 is 0 Å². The Morgan fingerprint density at radius 1 is 0.590 bits per heavy atom. The molecule has 2 aromatic heterocycles. The van der Waals surface area contributed by atoms with Crippen molar-refractivity contribution in [1.29, 1.82) is 0 Å². The van der Waals surface area contributed by atoms with Gasteiger partial charge in [-0.2, -0.15) is 0 Å². The molecule has 0 saturated carbocycles. The van der Waals surface area contributed by atoms with Crippen molar-refractivity contribution >= 4 is 37.7 Å². The summed E-state index contributed by atoms with van der Waals surface area (Å²) in [6.45, 7) is 8.65. The number of para-hydroxylation sites is 2. The first-order chi connectivity index (χ1) is 18.8. The third-order valence-electron chi connectivity index (χ3n) is 6.95.